The van der Waals surface area contributed by atoms with Gasteiger partial charge in [-0.15, -0.1) is 0 Å². The highest BCUT2D eigenvalue weighted by Gasteiger charge is 2.29. The number of nitrogens with zero attached hydrogens (tertiary/aromatic N) is 2. The number of likely N-dealkylation sites (tertiary alicyclic amines) is 1. The van der Waals surface area contributed by atoms with Gasteiger partial charge in [-0.3, -0.25) is 4.79 Å². The monoisotopic (exact) mass is 357 g/mol. The summed E-state index contributed by atoms with van der Waals surface area (Å²) < 4.78 is 0. The molecule has 1 aliphatic heterocycles. The third-order valence-electron chi connectivity index (χ3n) is 5.66. The molecule has 0 bridgehead atoms. The van der Waals surface area contributed by atoms with E-state index in [-0.39, 0.29) is 17.9 Å². The van der Waals surface area contributed by atoms with Crippen LogP contribution in [0.25, 0.3) is 0 Å². The second-order valence-electron chi connectivity index (χ2n) is 7.82. The Balaban J connectivity index is 1.41. The maximum Gasteiger partial charge on any atom is 0.317 e. The van der Waals surface area contributed by atoms with E-state index in [1.807, 2.05) is 42.3 Å². The average Bonchev–Trinajstić information content (AvgIpc) is 3.12. The lowest BCUT2D eigenvalue weighted by Gasteiger charge is -2.26. The standard InChI is InChI=1S/C21H31N3O2/c1-23(15-17-8-4-2-5-9-17)20(25)14-18-12-13-24(16-18)21(26)22-19-10-6-3-7-11-19/h2,4-5,8-9,18-19H,3,6-7,10-16H2,1H3,(H,22,26)/t18-/m1/s1. The minimum Gasteiger partial charge on any atom is -0.341 e. The van der Waals surface area contributed by atoms with E-state index in [1.54, 1.807) is 4.90 Å². The molecule has 1 atom stereocenters. The average molecular weight is 357 g/mol. The molecule has 0 radical (unpaired) electrons. The molecule has 2 fully saturated rings. The molecule has 2 aliphatic rings. The highest BCUT2D eigenvalue weighted by Crippen LogP contribution is 2.22. The van der Waals surface area contributed by atoms with Gasteiger partial charge in [0.2, 0.25) is 5.91 Å². The predicted octanol–water partition coefficient (Wildman–Crippen LogP) is 3.40. The maximum atomic E-state index is 12.5. The van der Waals surface area contributed by atoms with Crippen LogP contribution in [0.1, 0.15) is 50.5 Å². The van der Waals surface area contributed by atoms with Crippen molar-refractivity contribution in [1.82, 2.24) is 15.1 Å². The van der Waals surface area contributed by atoms with Crippen molar-refractivity contribution in [2.45, 2.75) is 57.5 Å². The number of amides is 3. The summed E-state index contributed by atoms with van der Waals surface area (Å²) in [5, 5.41) is 3.18. The molecule has 5 nitrogen and oxygen atoms in total. The number of urea groups is 1. The third-order valence-corrected chi connectivity index (χ3v) is 5.66. The summed E-state index contributed by atoms with van der Waals surface area (Å²) in [5.41, 5.74) is 1.14. The summed E-state index contributed by atoms with van der Waals surface area (Å²) >= 11 is 0. The molecule has 0 aromatic heterocycles. The first kappa shape index (κ1) is 18.7. The number of rotatable bonds is 5. The summed E-state index contributed by atoms with van der Waals surface area (Å²) in [6.45, 7) is 2.10. The highest BCUT2D eigenvalue weighted by molar-refractivity contribution is 5.77. The van der Waals surface area contributed by atoms with Gasteiger partial charge in [0.05, 0.1) is 0 Å². The van der Waals surface area contributed by atoms with Gasteiger partial charge in [-0.1, -0.05) is 49.6 Å². The Morgan fingerprint density at radius 1 is 1.12 bits per heavy atom. The van der Waals surface area contributed by atoms with Gasteiger partial charge in [0.25, 0.3) is 0 Å². The van der Waals surface area contributed by atoms with Gasteiger partial charge in [-0.05, 0) is 30.7 Å². The molecule has 1 aromatic rings. The van der Waals surface area contributed by atoms with Crippen molar-refractivity contribution < 1.29 is 9.59 Å². The molecular weight excluding hydrogens is 326 g/mol. The van der Waals surface area contributed by atoms with Crippen LogP contribution in [0.3, 0.4) is 0 Å². The number of hydrogen-bond acceptors (Lipinski definition) is 2. The van der Waals surface area contributed by atoms with Crippen LogP contribution in [-0.4, -0.2) is 47.9 Å². The Kier molecular flexibility index (Phi) is 6.53. The fraction of sp³-hybridized carbons (Fsp3) is 0.619. The lowest BCUT2D eigenvalue weighted by Crippen LogP contribution is -2.44. The van der Waals surface area contributed by atoms with Crippen LogP contribution < -0.4 is 5.32 Å². The normalized spacial score (nSPS) is 20.8. The van der Waals surface area contributed by atoms with Crippen LogP contribution in [-0.2, 0) is 11.3 Å². The second kappa shape index (κ2) is 9.06. The zero-order valence-corrected chi connectivity index (χ0v) is 15.8. The fourth-order valence-electron chi connectivity index (χ4n) is 4.04. The van der Waals surface area contributed by atoms with Gasteiger partial charge >= 0.3 is 6.03 Å². The molecular formula is C21H31N3O2. The molecule has 3 rings (SSSR count). The summed E-state index contributed by atoms with van der Waals surface area (Å²) in [5.74, 6) is 0.436. The Morgan fingerprint density at radius 2 is 1.85 bits per heavy atom. The van der Waals surface area contributed by atoms with Gasteiger partial charge < -0.3 is 15.1 Å². The van der Waals surface area contributed by atoms with Crippen LogP contribution in [0, 0.1) is 5.92 Å². The number of hydrogen-bond donors (Lipinski definition) is 1. The number of carbonyl (C=O) groups is 2. The SMILES string of the molecule is CN(Cc1ccccc1)C(=O)C[C@H]1CCN(C(=O)NC2CCCCC2)C1. The van der Waals surface area contributed by atoms with E-state index in [2.05, 4.69) is 5.32 Å². The minimum absolute atomic E-state index is 0.0597. The molecule has 142 valence electrons. The van der Waals surface area contributed by atoms with Gasteiger partial charge in [-0.25, -0.2) is 4.79 Å². The molecule has 1 saturated heterocycles. The summed E-state index contributed by atoms with van der Waals surface area (Å²) in [6, 6.07) is 10.4. The van der Waals surface area contributed by atoms with Crippen LogP contribution in [0.15, 0.2) is 30.3 Å². The molecule has 5 heteroatoms. The Bertz CT molecular complexity index is 599. The molecule has 3 amide bonds. The van der Waals surface area contributed by atoms with Crippen LogP contribution in [0.4, 0.5) is 4.79 Å². The van der Waals surface area contributed by atoms with Gasteiger partial charge in [0, 0.05) is 39.1 Å². The van der Waals surface area contributed by atoms with Crippen molar-refractivity contribution in [2.75, 3.05) is 20.1 Å². The molecule has 1 saturated carbocycles. The molecule has 1 aromatic carbocycles. The van der Waals surface area contributed by atoms with Crippen LogP contribution in [0.5, 0.6) is 0 Å². The van der Waals surface area contributed by atoms with Gasteiger partial charge in [-0.2, -0.15) is 0 Å². The van der Waals surface area contributed by atoms with Gasteiger partial charge in [0.1, 0.15) is 0 Å². The van der Waals surface area contributed by atoms with Gasteiger partial charge in [0.15, 0.2) is 0 Å². The van der Waals surface area contributed by atoms with E-state index in [0.717, 1.165) is 31.4 Å². The fourth-order valence-corrected chi connectivity index (χ4v) is 4.04. The van der Waals surface area contributed by atoms with E-state index in [9.17, 15) is 9.59 Å². The first-order chi connectivity index (χ1) is 12.6. The number of nitrogens with one attached hydrogen (secondary N) is 1. The molecule has 26 heavy (non-hydrogen) atoms. The van der Waals surface area contributed by atoms with Crippen molar-refractivity contribution in [3.8, 4) is 0 Å². The Labute approximate surface area is 156 Å². The molecule has 0 spiro atoms. The van der Waals surface area contributed by atoms with E-state index in [1.165, 1.54) is 19.3 Å². The summed E-state index contributed by atoms with van der Waals surface area (Å²) in [7, 11) is 1.86. The van der Waals surface area contributed by atoms with Crippen molar-refractivity contribution in [1.29, 1.82) is 0 Å². The van der Waals surface area contributed by atoms with E-state index in [0.29, 0.717) is 25.6 Å². The van der Waals surface area contributed by atoms with Crippen LogP contribution in [0.2, 0.25) is 0 Å². The maximum absolute atomic E-state index is 12.5. The largest absolute Gasteiger partial charge is 0.341 e. The molecule has 1 N–H and O–H groups in total. The molecule has 1 aliphatic carbocycles. The summed E-state index contributed by atoms with van der Waals surface area (Å²) in [6.07, 6.45) is 7.37. The lowest BCUT2D eigenvalue weighted by atomic mass is 9.96. The zero-order valence-electron chi connectivity index (χ0n) is 15.8. The van der Waals surface area contributed by atoms with Crippen molar-refractivity contribution in [3.63, 3.8) is 0 Å². The number of benzene rings is 1. The van der Waals surface area contributed by atoms with Crippen molar-refractivity contribution in [3.05, 3.63) is 35.9 Å². The molecule has 1 heterocycles. The molecule has 0 unspecified atom stereocenters. The highest BCUT2D eigenvalue weighted by atomic mass is 16.2. The zero-order chi connectivity index (χ0) is 18.4. The minimum atomic E-state index is 0.0597. The third kappa shape index (κ3) is 5.23. The first-order valence-corrected chi connectivity index (χ1v) is 9.95. The number of carbonyl (C=O) groups excluding carboxylic acids is 2. The summed E-state index contributed by atoms with van der Waals surface area (Å²) in [4.78, 5) is 28.6. The lowest BCUT2D eigenvalue weighted by molar-refractivity contribution is -0.131. The van der Waals surface area contributed by atoms with E-state index >= 15 is 0 Å². The Hall–Kier alpha value is -2.04. The van der Waals surface area contributed by atoms with Crippen molar-refractivity contribution >= 4 is 11.9 Å². The first-order valence-electron chi connectivity index (χ1n) is 9.95. The smallest absolute Gasteiger partial charge is 0.317 e. The van der Waals surface area contributed by atoms with Crippen LogP contribution >= 0.6 is 0 Å². The van der Waals surface area contributed by atoms with E-state index < -0.39 is 0 Å². The van der Waals surface area contributed by atoms with Crippen molar-refractivity contribution in [2.24, 2.45) is 5.92 Å². The predicted molar refractivity (Wildman–Crippen MR) is 103 cm³/mol. The van der Waals surface area contributed by atoms with E-state index in [4.69, 9.17) is 0 Å². The Morgan fingerprint density at radius 3 is 2.58 bits per heavy atom. The topological polar surface area (TPSA) is 52.7 Å². The second-order valence-corrected chi connectivity index (χ2v) is 7.82. The quantitative estimate of drug-likeness (QED) is 0.878.